The molecule has 10 atom stereocenters. The van der Waals surface area contributed by atoms with Crippen LogP contribution in [0.5, 0.6) is 34.5 Å². The van der Waals surface area contributed by atoms with E-state index in [0.29, 0.717) is 93.0 Å². The first-order valence-corrected chi connectivity index (χ1v) is 36.4. The Hall–Kier alpha value is -7.26. The summed E-state index contributed by atoms with van der Waals surface area (Å²) in [7, 11) is -8.17. The Balaban J connectivity index is 0.000000230. The number of carbonyl (C=O) groups is 4. The maximum absolute atomic E-state index is 13.9. The first-order chi connectivity index (χ1) is 47.0. The lowest BCUT2D eigenvalue weighted by Gasteiger charge is -2.31. The van der Waals surface area contributed by atoms with Crippen molar-refractivity contribution in [1.29, 1.82) is 0 Å². The van der Waals surface area contributed by atoms with E-state index in [1.165, 1.54) is 38.9 Å². The summed E-state index contributed by atoms with van der Waals surface area (Å²) in [5.74, 6) is 1.51. The van der Waals surface area contributed by atoms with Crippen LogP contribution in [0.15, 0.2) is 94.7 Å². The molecular formula is C68H93N5O23S2. The van der Waals surface area contributed by atoms with Crippen LogP contribution in [0.1, 0.15) is 97.1 Å². The molecule has 0 saturated carbocycles. The zero-order valence-electron chi connectivity index (χ0n) is 56.0. The number of hydrogen-bond donors (Lipinski definition) is 6. The predicted octanol–water partition coefficient (Wildman–Crippen LogP) is 6.36. The summed E-state index contributed by atoms with van der Waals surface area (Å²) in [5.41, 5.74) is 1.50. The van der Waals surface area contributed by atoms with Crippen LogP contribution in [0.25, 0.3) is 0 Å². The van der Waals surface area contributed by atoms with Crippen LogP contribution < -0.4 is 44.4 Å². The van der Waals surface area contributed by atoms with Crippen molar-refractivity contribution in [1.82, 2.24) is 24.6 Å². The lowest BCUT2D eigenvalue weighted by atomic mass is 10.0. The van der Waals surface area contributed by atoms with Gasteiger partial charge in [-0.2, -0.15) is 8.61 Å². The van der Waals surface area contributed by atoms with Crippen molar-refractivity contribution >= 4 is 44.1 Å². The molecule has 4 aromatic rings. The molecule has 0 radical (unpaired) electrons. The molecule has 4 saturated heterocycles. The number of aliphatic hydroxyl groups is 2. The van der Waals surface area contributed by atoms with Gasteiger partial charge in [-0.1, -0.05) is 65.3 Å². The molecule has 98 heavy (non-hydrogen) atoms. The Morgan fingerprint density at radius 1 is 0.561 bits per heavy atom. The highest BCUT2D eigenvalue weighted by Gasteiger charge is 2.46. The van der Waals surface area contributed by atoms with Crippen LogP contribution in [0.2, 0.25) is 0 Å². The lowest BCUT2D eigenvalue weighted by Crippen LogP contribution is -2.51. The molecular weight excluding hydrogens is 1320 g/mol. The highest BCUT2D eigenvalue weighted by molar-refractivity contribution is 7.89. The van der Waals surface area contributed by atoms with Gasteiger partial charge in [0.1, 0.15) is 23.7 Å². The Morgan fingerprint density at radius 2 is 0.990 bits per heavy atom. The average Bonchev–Trinajstić information content (AvgIpc) is 1.32. The number of nitrogens with one attached hydrogen (secondary N) is 3. The fourth-order valence-electron chi connectivity index (χ4n) is 12.0. The molecule has 0 aliphatic carbocycles. The minimum absolute atomic E-state index is 0.000950. The number of aliphatic carboxylic acids is 1. The van der Waals surface area contributed by atoms with Gasteiger partial charge in [-0.3, -0.25) is 9.59 Å². The summed E-state index contributed by atoms with van der Waals surface area (Å²) in [6.07, 6.45) is -0.991. The van der Waals surface area contributed by atoms with Gasteiger partial charge < -0.3 is 88.1 Å². The summed E-state index contributed by atoms with van der Waals surface area (Å²) >= 11 is 0. The van der Waals surface area contributed by atoms with E-state index < -0.39 is 87.3 Å². The van der Waals surface area contributed by atoms with Crippen LogP contribution in [0.4, 0.5) is 9.59 Å². The van der Waals surface area contributed by atoms with Gasteiger partial charge in [-0.25, -0.2) is 26.4 Å². The molecule has 6 heterocycles. The highest BCUT2D eigenvalue weighted by Crippen LogP contribution is 2.38. The van der Waals surface area contributed by atoms with Gasteiger partial charge in [0.05, 0.1) is 85.6 Å². The number of carboxylic acid groups (broad SMARTS) is 1. The van der Waals surface area contributed by atoms with Gasteiger partial charge in [-0.15, -0.1) is 0 Å². The second kappa shape index (κ2) is 35.7. The standard InChI is InChI=1S/C36H51N3O11S.C32H42N2O12S/c1-4-5-15-37-34(41)7-6-16-45-26-10-8-25(9-11-26)18-29(38-36(42)50-33-22-47-35-28(33)14-17-46-35)30(40)21-39(20-24(2)3)51(43,44)27-12-13-31-32(19-27)49-23-48-31;1-20(2)16-34(47(39,40)23-9-10-27-28(15-23)45-19-44-27)17-26(35)25(33-32(38)46-29-18-43-31-24(29)11-13-42-31)14-21-5-7-22(8-6-21)41-12-3-4-30(36)37/h8-13,19,24,28-30,33,35,40H,4-7,14-18,20-23H2,1-3H3,(H,37,41)(H,38,42);5-10,15,20,24-26,29,31,35H,3-4,11-14,16-19H2,1-2H3,(H,33,38)(H,36,37)/t28-,29-,30+,33+,35+;24-,25-,26+,29+,31+/m00/s1. The van der Waals surface area contributed by atoms with Crippen molar-refractivity contribution in [3.05, 3.63) is 96.1 Å². The smallest absolute Gasteiger partial charge is 0.407 e. The van der Waals surface area contributed by atoms with Gasteiger partial charge >= 0.3 is 18.2 Å². The van der Waals surface area contributed by atoms with E-state index in [0.717, 1.165) is 24.0 Å². The average molecular weight is 1410 g/mol. The maximum Gasteiger partial charge on any atom is 0.407 e. The van der Waals surface area contributed by atoms with E-state index >= 15 is 0 Å². The van der Waals surface area contributed by atoms with E-state index in [1.54, 1.807) is 42.5 Å². The Morgan fingerprint density at radius 3 is 1.41 bits per heavy atom. The SMILES string of the molecule is CC(C)CN(C[C@@H](O)[C@H](Cc1ccc(OCCCC(=O)O)cc1)NC(=O)O[C@@H]1CO[C@H]2OCC[C@H]21)S(=O)(=O)c1ccc2c(c1)OCO2.CCCCNC(=O)CCCOc1ccc(C[C@H](NC(=O)O[C@@H]2CO[C@H]3OCC[C@H]32)[C@H](O)CN(CC(C)C)S(=O)(=O)c2ccc3c(c2)OCO3)cc1. The molecule has 30 heteroatoms. The minimum Gasteiger partial charge on any atom is -0.494 e. The fraction of sp³-hybridized carbons (Fsp3) is 0.588. The Kier molecular flexibility index (Phi) is 27.3. The molecule has 4 aromatic carbocycles. The molecule has 0 bridgehead atoms. The number of benzene rings is 4. The number of rotatable bonds is 35. The third-order valence-electron chi connectivity index (χ3n) is 17.1. The van der Waals surface area contributed by atoms with Crippen LogP contribution in [0, 0.1) is 23.7 Å². The minimum atomic E-state index is -4.09. The van der Waals surface area contributed by atoms with Crippen molar-refractivity contribution in [2.45, 2.75) is 158 Å². The summed E-state index contributed by atoms with van der Waals surface area (Å²) < 4.78 is 125. The summed E-state index contributed by atoms with van der Waals surface area (Å²) in [6.45, 7) is 11.9. The number of unbranched alkanes of at least 4 members (excludes halogenated alkanes) is 1. The number of fused-ring (bicyclic) bond motifs is 4. The quantitative estimate of drug-likeness (QED) is 0.0273. The van der Waals surface area contributed by atoms with Gasteiger partial charge in [0, 0.05) is 57.7 Å². The number of ether oxygens (including phenoxy) is 12. The largest absolute Gasteiger partial charge is 0.494 e. The zero-order chi connectivity index (χ0) is 69.9. The molecule has 0 unspecified atom stereocenters. The molecule has 3 amide bonds. The normalized spacial score (nSPS) is 21.0. The lowest BCUT2D eigenvalue weighted by molar-refractivity contribution is -0.137. The Labute approximate surface area is 572 Å². The molecule has 6 N–H and O–H groups in total. The molecule has 0 aromatic heterocycles. The first-order valence-electron chi connectivity index (χ1n) is 33.5. The third kappa shape index (κ3) is 21.1. The second-order valence-corrected chi connectivity index (χ2v) is 29.6. The summed E-state index contributed by atoms with van der Waals surface area (Å²) in [5, 5.41) is 40.5. The van der Waals surface area contributed by atoms with Gasteiger partial charge in [-0.05, 0) is 116 Å². The van der Waals surface area contributed by atoms with Crippen LogP contribution in [-0.4, -0.2) is 200 Å². The van der Waals surface area contributed by atoms with E-state index in [2.05, 4.69) is 22.9 Å². The van der Waals surface area contributed by atoms with E-state index in [-0.39, 0.29) is 118 Å². The highest BCUT2D eigenvalue weighted by atomic mass is 32.2. The molecule has 540 valence electrons. The Bertz CT molecular complexity index is 3500. The van der Waals surface area contributed by atoms with Gasteiger partial charge in [0.2, 0.25) is 39.5 Å². The summed E-state index contributed by atoms with van der Waals surface area (Å²) in [6, 6.07) is 21.1. The zero-order valence-corrected chi connectivity index (χ0v) is 57.6. The number of hydrogen-bond acceptors (Lipinski definition) is 22. The molecule has 0 spiro atoms. The third-order valence-corrected chi connectivity index (χ3v) is 20.8. The van der Waals surface area contributed by atoms with Crippen LogP contribution in [-0.2, 0) is 70.9 Å². The topological polar surface area (TPSA) is 351 Å². The van der Waals surface area contributed by atoms with Crippen LogP contribution in [0.3, 0.4) is 0 Å². The molecule has 4 fully saturated rings. The van der Waals surface area contributed by atoms with Crippen molar-refractivity contribution in [2.24, 2.45) is 23.7 Å². The predicted molar refractivity (Wildman–Crippen MR) is 352 cm³/mol. The van der Waals surface area contributed by atoms with Crippen molar-refractivity contribution < 1.29 is 108 Å². The van der Waals surface area contributed by atoms with E-state index in [1.807, 2.05) is 39.8 Å². The number of carboxylic acids is 1. The van der Waals surface area contributed by atoms with Crippen LogP contribution >= 0.6 is 0 Å². The van der Waals surface area contributed by atoms with Crippen molar-refractivity contribution in [2.75, 3.05) is 86.0 Å². The number of sulfonamides is 2. The number of aliphatic hydroxyl groups excluding tert-OH is 2. The second-order valence-electron chi connectivity index (χ2n) is 25.7. The van der Waals surface area contributed by atoms with Crippen molar-refractivity contribution in [3.8, 4) is 34.5 Å². The number of alkyl carbamates (subject to hydrolysis) is 2. The van der Waals surface area contributed by atoms with Gasteiger partial charge in [0.15, 0.2) is 35.6 Å². The summed E-state index contributed by atoms with van der Waals surface area (Å²) in [4.78, 5) is 49.1. The van der Waals surface area contributed by atoms with E-state index in [9.17, 15) is 46.2 Å². The van der Waals surface area contributed by atoms with Gasteiger partial charge in [0.25, 0.3) is 0 Å². The monoisotopic (exact) mass is 1410 g/mol. The number of carbonyl (C=O) groups excluding carboxylic acids is 3. The first kappa shape index (κ1) is 75.0. The maximum atomic E-state index is 13.9. The fourth-order valence-corrected chi connectivity index (χ4v) is 15.3. The molecule has 6 aliphatic heterocycles. The molecule has 28 nitrogen and oxygen atoms in total. The molecule has 6 aliphatic rings. The number of nitrogens with zero attached hydrogens (tertiary/aromatic N) is 2. The number of amides is 3. The van der Waals surface area contributed by atoms with E-state index in [4.69, 9.17) is 61.9 Å². The van der Waals surface area contributed by atoms with Crippen molar-refractivity contribution in [3.63, 3.8) is 0 Å². The molecule has 10 rings (SSSR count).